The van der Waals surface area contributed by atoms with Crippen LogP contribution in [0.5, 0.6) is 0 Å². The van der Waals surface area contributed by atoms with Gasteiger partial charge in [0.2, 0.25) is 5.95 Å². The van der Waals surface area contributed by atoms with Gasteiger partial charge in [-0.15, -0.1) is 0 Å². The summed E-state index contributed by atoms with van der Waals surface area (Å²) in [7, 11) is 0. The van der Waals surface area contributed by atoms with Crippen molar-refractivity contribution in [2.75, 3.05) is 17.7 Å². The average molecular weight is 366 g/mol. The number of hydrogen-bond donors (Lipinski definition) is 4. The van der Waals surface area contributed by atoms with Gasteiger partial charge in [-0.3, -0.25) is 4.57 Å². The molecule has 0 radical (unpaired) electrons. The van der Waals surface area contributed by atoms with Gasteiger partial charge in [-0.05, 0) is 19.8 Å². The van der Waals surface area contributed by atoms with Crippen molar-refractivity contribution in [3.8, 4) is 0 Å². The van der Waals surface area contributed by atoms with E-state index in [-0.39, 0.29) is 5.95 Å². The number of aromatic nitrogens is 4. The van der Waals surface area contributed by atoms with E-state index in [1.54, 1.807) is 0 Å². The number of halogens is 1. The quantitative estimate of drug-likeness (QED) is 0.623. The Morgan fingerprint density at radius 2 is 2.15 bits per heavy atom. The van der Waals surface area contributed by atoms with Crippen LogP contribution >= 0.6 is 0 Å². The lowest BCUT2D eigenvalue weighted by Crippen LogP contribution is -2.40. The summed E-state index contributed by atoms with van der Waals surface area (Å²) in [6.45, 7) is 0.738. The van der Waals surface area contributed by atoms with Crippen molar-refractivity contribution in [3.63, 3.8) is 0 Å². The van der Waals surface area contributed by atoms with Crippen molar-refractivity contribution in [2.45, 2.75) is 62.8 Å². The molecule has 1 aliphatic carbocycles. The second kappa shape index (κ2) is 6.29. The lowest BCUT2D eigenvalue weighted by molar-refractivity contribution is -0.0566. The van der Waals surface area contributed by atoms with E-state index >= 15 is 4.39 Å². The van der Waals surface area contributed by atoms with E-state index in [0.29, 0.717) is 23.0 Å². The molecule has 0 aromatic carbocycles. The zero-order valence-electron chi connectivity index (χ0n) is 14.5. The molecule has 0 unspecified atom stereocenters. The molecule has 1 saturated heterocycles. The summed E-state index contributed by atoms with van der Waals surface area (Å²) < 4.78 is 22.0. The molecule has 26 heavy (non-hydrogen) atoms. The molecule has 1 saturated carbocycles. The van der Waals surface area contributed by atoms with Gasteiger partial charge in [-0.1, -0.05) is 12.8 Å². The van der Waals surface area contributed by atoms with Crippen LogP contribution in [0.1, 0.15) is 38.8 Å². The fourth-order valence-corrected chi connectivity index (χ4v) is 3.83. The van der Waals surface area contributed by atoms with Gasteiger partial charge in [0.05, 0.1) is 12.9 Å². The normalized spacial score (nSPS) is 32.5. The summed E-state index contributed by atoms with van der Waals surface area (Å²) in [5, 5.41) is 22.8. The van der Waals surface area contributed by atoms with E-state index in [4.69, 9.17) is 10.5 Å². The Kier molecular flexibility index (Phi) is 4.20. The fraction of sp³-hybridized carbons (Fsp3) is 0.688. The first-order valence-corrected chi connectivity index (χ1v) is 8.81. The minimum Gasteiger partial charge on any atom is -0.394 e. The van der Waals surface area contributed by atoms with E-state index in [2.05, 4.69) is 20.3 Å². The smallest absolute Gasteiger partial charge is 0.224 e. The molecule has 2 aromatic rings. The molecular weight excluding hydrogens is 343 g/mol. The van der Waals surface area contributed by atoms with Crippen LogP contribution in [-0.2, 0) is 4.74 Å². The number of aliphatic hydroxyl groups excluding tert-OH is 2. The number of alkyl halides is 1. The van der Waals surface area contributed by atoms with Crippen molar-refractivity contribution in [2.24, 2.45) is 0 Å². The van der Waals surface area contributed by atoms with Gasteiger partial charge in [0.15, 0.2) is 28.9 Å². The molecule has 5 N–H and O–H groups in total. The van der Waals surface area contributed by atoms with Gasteiger partial charge in [0.25, 0.3) is 0 Å². The van der Waals surface area contributed by atoms with Crippen LogP contribution in [0.4, 0.5) is 16.2 Å². The number of rotatable bonds is 4. The number of nitrogen functional groups attached to an aromatic ring is 1. The van der Waals surface area contributed by atoms with E-state index in [9.17, 15) is 10.2 Å². The van der Waals surface area contributed by atoms with Crippen molar-refractivity contribution >= 4 is 22.9 Å². The summed E-state index contributed by atoms with van der Waals surface area (Å²) in [5.41, 5.74) is 4.50. The summed E-state index contributed by atoms with van der Waals surface area (Å²) in [5.74, 6) is 0.550. The number of nitrogens with two attached hydrogens (primary N) is 1. The predicted molar refractivity (Wildman–Crippen MR) is 92.1 cm³/mol. The van der Waals surface area contributed by atoms with Gasteiger partial charge in [-0.25, -0.2) is 9.37 Å². The lowest BCUT2D eigenvalue weighted by Gasteiger charge is -2.24. The Hall–Kier alpha value is -2.04. The number of hydrogen-bond acceptors (Lipinski definition) is 8. The Bertz CT molecular complexity index is 807. The summed E-state index contributed by atoms with van der Waals surface area (Å²) in [6.07, 6.45) is 2.13. The third-order valence-corrected chi connectivity index (χ3v) is 5.28. The fourth-order valence-electron chi connectivity index (χ4n) is 3.83. The first-order valence-electron chi connectivity index (χ1n) is 8.81. The van der Waals surface area contributed by atoms with E-state index in [0.717, 1.165) is 25.7 Å². The highest BCUT2D eigenvalue weighted by molar-refractivity contribution is 5.84. The van der Waals surface area contributed by atoms with E-state index in [1.165, 1.54) is 17.8 Å². The Morgan fingerprint density at radius 1 is 1.42 bits per heavy atom. The van der Waals surface area contributed by atoms with Gasteiger partial charge in [0.1, 0.15) is 12.2 Å². The maximum Gasteiger partial charge on any atom is 0.224 e. The number of nitrogens with zero attached hydrogens (tertiary/aromatic N) is 4. The molecule has 4 rings (SSSR count). The molecule has 4 atom stereocenters. The Labute approximate surface area is 149 Å². The Morgan fingerprint density at radius 3 is 2.81 bits per heavy atom. The van der Waals surface area contributed by atoms with Crippen LogP contribution in [0.25, 0.3) is 11.2 Å². The molecule has 1 aliphatic heterocycles. The largest absolute Gasteiger partial charge is 0.394 e. The zero-order chi connectivity index (χ0) is 18.5. The molecule has 2 aromatic heterocycles. The third kappa shape index (κ3) is 2.68. The molecule has 0 spiro atoms. The second-order valence-electron chi connectivity index (χ2n) is 7.19. The molecule has 142 valence electrons. The zero-order valence-corrected chi connectivity index (χ0v) is 14.5. The van der Waals surface area contributed by atoms with Gasteiger partial charge in [0, 0.05) is 6.04 Å². The SMILES string of the molecule is C[C@@]1(F)[C@H](O)[C@@H](CO)O[C@H]1n1cnc2c(NC3CCCC3)nc(N)nc21. The highest BCUT2D eigenvalue weighted by Gasteiger charge is 2.55. The first-order chi connectivity index (χ1) is 12.4. The monoisotopic (exact) mass is 366 g/mol. The number of anilines is 2. The molecule has 3 heterocycles. The molecule has 10 heteroatoms. The first kappa shape index (κ1) is 17.4. The van der Waals surface area contributed by atoms with Gasteiger partial charge < -0.3 is 26.0 Å². The van der Waals surface area contributed by atoms with Crippen LogP contribution in [-0.4, -0.2) is 60.3 Å². The van der Waals surface area contributed by atoms with Crippen LogP contribution in [0.2, 0.25) is 0 Å². The van der Waals surface area contributed by atoms with Crippen LogP contribution < -0.4 is 11.1 Å². The highest BCUT2D eigenvalue weighted by atomic mass is 19.1. The van der Waals surface area contributed by atoms with Crippen LogP contribution in [0.3, 0.4) is 0 Å². The maximum atomic E-state index is 15.1. The summed E-state index contributed by atoms with van der Waals surface area (Å²) in [6, 6.07) is 0.299. The van der Waals surface area contributed by atoms with Crippen molar-refractivity contribution in [1.29, 1.82) is 0 Å². The maximum absolute atomic E-state index is 15.1. The molecule has 9 nitrogen and oxygen atoms in total. The predicted octanol–water partition coefficient (Wildman–Crippen LogP) is 0.742. The third-order valence-electron chi connectivity index (χ3n) is 5.28. The second-order valence-corrected chi connectivity index (χ2v) is 7.19. The number of aliphatic hydroxyl groups is 2. The average Bonchev–Trinajstić information content (AvgIpc) is 3.29. The summed E-state index contributed by atoms with van der Waals surface area (Å²) in [4.78, 5) is 12.8. The minimum absolute atomic E-state index is 0.0394. The number of imidazole rings is 1. The van der Waals surface area contributed by atoms with Gasteiger partial charge in [-0.2, -0.15) is 9.97 Å². The van der Waals surface area contributed by atoms with E-state index < -0.39 is 30.7 Å². The number of ether oxygens (including phenoxy) is 1. The van der Waals surface area contributed by atoms with Crippen LogP contribution in [0.15, 0.2) is 6.33 Å². The molecule has 2 aliphatic rings. The topological polar surface area (TPSA) is 131 Å². The minimum atomic E-state index is -2.13. The molecular formula is C16H23FN6O3. The number of nitrogens with one attached hydrogen (secondary N) is 1. The van der Waals surface area contributed by atoms with Crippen molar-refractivity contribution < 1.29 is 19.3 Å². The van der Waals surface area contributed by atoms with Crippen molar-refractivity contribution in [3.05, 3.63) is 6.33 Å². The van der Waals surface area contributed by atoms with Crippen molar-refractivity contribution in [1.82, 2.24) is 19.5 Å². The number of fused-ring (bicyclic) bond motifs is 1. The highest BCUT2D eigenvalue weighted by Crippen LogP contribution is 2.42. The lowest BCUT2D eigenvalue weighted by atomic mass is 9.98. The standard InChI is InChI=1S/C16H23FN6O3/c1-16(17)11(25)9(6-24)26-14(16)23-7-19-10-12(20-8-4-2-3-5-8)21-15(18)22-13(10)23/h7-9,11,14,24-25H,2-6H2,1H3,(H3,18,20,21,22)/t9-,11-,14-,16-/m1/s1. The summed E-state index contributed by atoms with van der Waals surface area (Å²) >= 11 is 0. The van der Waals surface area contributed by atoms with Crippen LogP contribution in [0, 0.1) is 0 Å². The van der Waals surface area contributed by atoms with E-state index in [1.807, 2.05) is 0 Å². The molecule has 2 fully saturated rings. The Balaban J connectivity index is 1.74. The molecule has 0 bridgehead atoms. The molecule has 0 amide bonds. The van der Waals surface area contributed by atoms with Gasteiger partial charge >= 0.3 is 0 Å².